The van der Waals surface area contributed by atoms with Crippen LogP contribution in [0.1, 0.15) is 6.42 Å². The molecule has 14 heavy (non-hydrogen) atoms. The normalized spacial score (nSPS) is 16.5. The third-order valence-corrected chi connectivity index (χ3v) is 3.51. The lowest BCUT2D eigenvalue weighted by Gasteiger charge is -2.13. The van der Waals surface area contributed by atoms with E-state index in [4.69, 9.17) is 4.74 Å². The van der Waals surface area contributed by atoms with Crippen LogP contribution in [0.4, 0.5) is 5.13 Å². The molecule has 1 aromatic heterocycles. The Morgan fingerprint density at radius 2 is 2.57 bits per heavy atom. The third kappa shape index (κ3) is 2.80. The van der Waals surface area contributed by atoms with Crippen molar-refractivity contribution in [1.82, 2.24) is 4.98 Å². The molecule has 1 aliphatic heterocycles. The number of ether oxygens (including phenoxy) is 1. The highest BCUT2D eigenvalue weighted by atomic mass is 79.9. The van der Waals surface area contributed by atoms with Crippen LogP contribution in [0.15, 0.2) is 21.6 Å². The van der Waals surface area contributed by atoms with Crippen LogP contribution in [0.25, 0.3) is 0 Å². The molecule has 0 aromatic carbocycles. The Labute approximate surface area is 95.3 Å². The molecule has 0 fully saturated rings. The molecule has 2 heterocycles. The summed E-state index contributed by atoms with van der Waals surface area (Å²) in [5, 5.41) is 6.22. The Hall–Kier alpha value is -0.390. The highest BCUT2D eigenvalue weighted by Crippen LogP contribution is 2.20. The lowest BCUT2D eigenvalue weighted by Crippen LogP contribution is -2.11. The number of hydrogen-bond acceptors (Lipinski definition) is 4. The first-order valence-corrected chi connectivity index (χ1v) is 6.12. The van der Waals surface area contributed by atoms with Gasteiger partial charge in [-0.3, -0.25) is 0 Å². The van der Waals surface area contributed by atoms with Crippen molar-refractivity contribution in [3.05, 3.63) is 21.6 Å². The zero-order valence-corrected chi connectivity index (χ0v) is 10.0. The molecule has 0 spiro atoms. The quantitative estimate of drug-likeness (QED) is 0.861. The van der Waals surface area contributed by atoms with E-state index in [9.17, 15) is 0 Å². The molecule has 0 atom stereocenters. The van der Waals surface area contributed by atoms with Gasteiger partial charge in [-0.25, -0.2) is 4.98 Å². The van der Waals surface area contributed by atoms with Crippen LogP contribution in [0.3, 0.4) is 0 Å². The van der Waals surface area contributed by atoms with Crippen molar-refractivity contribution in [2.45, 2.75) is 6.42 Å². The van der Waals surface area contributed by atoms with E-state index in [1.807, 2.05) is 5.38 Å². The molecule has 76 valence electrons. The van der Waals surface area contributed by atoms with Gasteiger partial charge in [-0.15, -0.1) is 11.3 Å². The van der Waals surface area contributed by atoms with Crippen LogP contribution in [-0.2, 0) is 4.74 Å². The van der Waals surface area contributed by atoms with Crippen LogP contribution in [-0.4, -0.2) is 24.7 Å². The Kier molecular flexibility index (Phi) is 3.55. The second-order valence-corrected chi connectivity index (χ2v) is 4.69. The van der Waals surface area contributed by atoms with Gasteiger partial charge in [-0.2, -0.15) is 0 Å². The molecular formula is C9H11BrN2OS. The fraction of sp³-hybridized carbons (Fsp3) is 0.444. The molecule has 5 heteroatoms. The summed E-state index contributed by atoms with van der Waals surface area (Å²) < 4.78 is 6.13. The lowest BCUT2D eigenvalue weighted by atomic mass is 10.1. The van der Waals surface area contributed by atoms with Crippen molar-refractivity contribution in [3.63, 3.8) is 0 Å². The monoisotopic (exact) mass is 274 g/mol. The molecule has 0 bridgehead atoms. The number of thiazole rings is 1. The van der Waals surface area contributed by atoms with E-state index < -0.39 is 0 Å². The average Bonchev–Trinajstić information content (AvgIpc) is 2.63. The maximum atomic E-state index is 5.23. The average molecular weight is 275 g/mol. The van der Waals surface area contributed by atoms with Gasteiger partial charge in [0.2, 0.25) is 0 Å². The highest BCUT2D eigenvalue weighted by molar-refractivity contribution is 9.10. The van der Waals surface area contributed by atoms with Gasteiger partial charge in [0.25, 0.3) is 0 Å². The Bertz CT molecular complexity index is 337. The topological polar surface area (TPSA) is 34.1 Å². The van der Waals surface area contributed by atoms with Crippen LogP contribution in [0, 0.1) is 0 Å². The Morgan fingerprint density at radius 3 is 3.21 bits per heavy atom. The van der Waals surface area contributed by atoms with Crippen LogP contribution in [0.5, 0.6) is 0 Å². The summed E-state index contributed by atoms with van der Waals surface area (Å²) >= 11 is 4.93. The zero-order chi connectivity index (χ0) is 9.80. The fourth-order valence-corrected chi connectivity index (χ4v) is 2.39. The van der Waals surface area contributed by atoms with Crippen molar-refractivity contribution in [2.75, 3.05) is 25.1 Å². The predicted molar refractivity (Wildman–Crippen MR) is 61.8 cm³/mol. The minimum Gasteiger partial charge on any atom is -0.377 e. The summed E-state index contributed by atoms with van der Waals surface area (Å²) in [6.07, 6.45) is 3.17. The van der Waals surface area contributed by atoms with Crippen molar-refractivity contribution in [2.24, 2.45) is 0 Å². The van der Waals surface area contributed by atoms with Gasteiger partial charge in [-0.05, 0) is 22.4 Å². The second kappa shape index (κ2) is 4.91. The molecule has 0 amide bonds. The van der Waals surface area contributed by atoms with Crippen molar-refractivity contribution >= 4 is 32.4 Å². The van der Waals surface area contributed by atoms with E-state index in [1.165, 1.54) is 5.57 Å². The molecule has 3 nitrogen and oxygen atoms in total. The zero-order valence-electron chi connectivity index (χ0n) is 7.62. The van der Waals surface area contributed by atoms with Crippen molar-refractivity contribution < 1.29 is 4.74 Å². The number of aromatic nitrogens is 1. The Balaban J connectivity index is 1.84. The highest BCUT2D eigenvalue weighted by Gasteiger charge is 2.04. The maximum Gasteiger partial charge on any atom is 0.183 e. The van der Waals surface area contributed by atoms with E-state index in [2.05, 4.69) is 32.3 Å². The van der Waals surface area contributed by atoms with E-state index in [1.54, 1.807) is 11.3 Å². The summed E-state index contributed by atoms with van der Waals surface area (Å²) in [5.41, 5.74) is 1.41. The predicted octanol–water partition coefficient (Wildman–Crippen LogP) is 2.66. The molecular weight excluding hydrogens is 264 g/mol. The minimum absolute atomic E-state index is 0.749. The number of nitrogens with zero attached hydrogens (tertiary/aromatic N) is 1. The smallest absolute Gasteiger partial charge is 0.183 e. The molecule has 0 saturated carbocycles. The summed E-state index contributed by atoms with van der Waals surface area (Å²) in [6.45, 7) is 2.47. The first-order chi connectivity index (χ1) is 6.84. The lowest BCUT2D eigenvalue weighted by molar-refractivity contribution is 0.154. The van der Waals surface area contributed by atoms with Gasteiger partial charge in [0.05, 0.1) is 13.2 Å². The SMILES string of the molecule is Brc1csc(NCC2=CCOCC2)n1. The van der Waals surface area contributed by atoms with E-state index in [-0.39, 0.29) is 0 Å². The van der Waals surface area contributed by atoms with Gasteiger partial charge in [-0.1, -0.05) is 11.6 Å². The molecule has 2 rings (SSSR count). The Morgan fingerprint density at radius 1 is 1.64 bits per heavy atom. The van der Waals surface area contributed by atoms with Crippen molar-refractivity contribution in [1.29, 1.82) is 0 Å². The molecule has 0 aliphatic carbocycles. The standard InChI is InChI=1S/C9H11BrN2OS/c10-8-6-14-9(12-8)11-5-7-1-3-13-4-2-7/h1,6H,2-5H2,(H,11,12). The first kappa shape index (κ1) is 10.1. The minimum atomic E-state index is 0.749. The van der Waals surface area contributed by atoms with E-state index in [0.29, 0.717) is 0 Å². The largest absolute Gasteiger partial charge is 0.377 e. The van der Waals surface area contributed by atoms with Crippen LogP contribution in [0.2, 0.25) is 0 Å². The van der Waals surface area contributed by atoms with Gasteiger partial charge in [0, 0.05) is 11.9 Å². The van der Waals surface area contributed by atoms with Gasteiger partial charge >= 0.3 is 0 Å². The second-order valence-electron chi connectivity index (χ2n) is 3.02. The van der Waals surface area contributed by atoms with E-state index >= 15 is 0 Å². The van der Waals surface area contributed by atoms with E-state index in [0.717, 1.165) is 35.9 Å². The van der Waals surface area contributed by atoms with Gasteiger partial charge in [0.15, 0.2) is 5.13 Å². The third-order valence-electron chi connectivity index (χ3n) is 2.00. The fourth-order valence-electron chi connectivity index (χ4n) is 1.25. The number of anilines is 1. The number of rotatable bonds is 3. The molecule has 1 aliphatic rings. The van der Waals surface area contributed by atoms with Crippen LogP contribution >= 0.6 is 27.3 Å². The van der Waals surface area contributed by atoms with Crippen molar-refractivity contribution in [3.8, 4) is 0 Å². The van der Waals surface area contributed by atoms with Gasteiger partial charge < -0.3 is 10.1 Å². The number of hydrogen-bond donors (Lipinski definition) is 1. The number of halogens is 1. The first-order valence-electron chi connectivity index (χ1n) is 4.45. The molecule has 0 unspecified atom stereocenters. The van der Waals surface area contributed by atoms with Gasteiger partial charge in [0.1, 0.15) is 4.60 Å². The summed E-state index contributed by atoms with van der Waals surface area (Å²) in [5.74, 6) is 0. The summed E-state index contributed by atoms with van der Waals surface area (Å²) in [7, 11) is 0. The molecule has 1 N–H and O–H groups in total. The molecule has 1 aromatic rings. The maximum absolute atomic E-state index is 5.23. The summed E-state index contributed by atoms with van der Waals surface area (Å²) in [4.78, 5) is 4.26. The summed E-state index contributed by atoms with van der Waals surface area (Å²) in [6, 6.07) is 0. The molecule has 0 saturated heterocycles. The van der Waals surface area contributed by atoms with Crippen LogP contribution < -0.4 is 5.32 Å². The molecule has 0 radical (unpaired) electrons. The number of nitrogens with one attached hydrogen (secondary N) is 1.